The summed E-state index contributed by atoms with van der Waals surface area (Å²) in [4.78, 5) is 6.81. The minimum atomic E-state index is 0.305. The first-order chi connectivity index (χ1) is 14.9. The zero-order chi connectivity index (χ0) is 22.2. The van der Waals surface area contributed by atoms with Crippen LogP contribution >= 0.6 is 0 Å². The molecule has 7 nitrogen and oxygen atoms in total. The molecular weight excluding hydrogens is 388 g/mol. The second-order valence-electron chi connectivity index (χ2n) is 8.62. The van der Waals surface area contributed by atoms with Crippen LogP contribution in [0.4, 0.5) is 0 Å². The van der Waals surface area contributed by atoms with Gasteiger partial charge in [0.1, 0.15) is 0 Å². The van der Waals surface area contributed by atoms with Crippen LogP contribution in [0.15, 0.2) is 35.3 Å². The number of rotatable bonds is 8. The molecule has 170 valence electrons. The lowest BCUT2D eigenvalue weighted by molar-refractivity contribution is -0.0704. The van der Waals surface area contributed by atoms with Gasteiger partial charge in [-0.25, -0.2) is 0 Å². The summed E-state index contributed by atoms with van der Waals surface area (Å²) in [7, 11) is 1.81. The monoisotopic (exact) mass is 426 g/mol. The van der Waals surface area contributed by atoms with Gasteiger partial charge in [-0.1, -0.05) is 24.3 Å². The number of morpholine rings is 1. The van der Waals surface area contributed by atoms with Crippen LogP contribution < -0.4 is 10.6 Å². The normalized spacial score (nSPS) is 20.1. The summed E-state index contributed by atoms with van der Waals surface area (Å²) in [6.45, 7) is 13.9. The van der Waals surface area contributed by atoms with Crippen molar-refractivity contribution in [1.82, 2.24) is 25.3 Å². The van der Waals surface area contributed by atoms with Gasteiger partial charge in [0.05, 0.1) is 17.9 Å². The maximum absolute atomic E-state index is 5.83. The summed E-state index contributed by atoms with van der Waals surface area (Å²) in [6.07, 6.45) is 1.61. The zero-order valence-electron chi connectivity index (χ0n) is 19.7. The first-order valence-electron chi connectivity index (χ1n) is 11.3. The van der Waals surface area contributed by atoms with E-state index in [2.05, 4.69) is 81.4 Å². The summed E-state index contributed by atoms with van der Waals surface area (Å²) < 4.78 is 7.89. The molecule has 0 radical (unpaired) electrons. The maximum atomic E-state index is 5.83. The van der Waals surface area contributed by atoms with E-state index in [1.807, 2.05) is 14.0 Å². The Balaban J connectivity index is 1.38. The molecule has 0 spiro atoms. The van der Waals surface area contributed by atoms with E-state index >= 15 is 0 Å². The summed E-state index contributed by atoms with van der Waals surface area (Å²) in [5.74, 6) is 0.828. The number of aliphatic imine (C=N–C) groups is 1. The van der Waals surface area contributed by atoms with E-state index in [0.717, 1.165) is 57.3 Å². The Kier molecular flexibility index (Phi) is 8.49. The lowest BCUT2D eigenvalue weighted by atomic mass is 10.1. The zero-order valence-corrected chi connectivity index (χ0v) is 19.7. The smallest absolute Gasteiger partial charge is 0.191 e. The van der Waals surface area contributed by atoms with E-state index in [1.165, 1.54) is 16.8 Å². The van der Waals surface area contributed by atoms with Crippen molar-refractivity contribution in [3.05, 3.63) is 52.8 Å². The average Bonchev–Trinajstić information content (AvgIpc) is 3.04. The standard InChI is InChI=1S/C24H38N6O/c1-18-13-19(2)30(28-18)12-6-11-26-24(25-5)27-14-22-7-9-23(10-8-22)17-29-15-20(3)31-21(4)16-29/h7-10,13,20-21H,6,11-12,14-17H2,1-5H3,(H2,25,26,27). The fraction of sp³-hybridized carbons (Fsp3) is 0.583. The average molecular weight is 427 g/mol. The fourth-order valence-electron chi connectivity index (χ4n) is 4.18. The molecule has 1 aliphatic heterocycles. The summed E-state index contributed by atoms with van der Waals surface area (Å²) in [5, 5.41) is 11.3. The molecule has 0 saturated carbocycles. The van der Waals surface area contributed by atoms with Crippen LogP contribution in [0.25, 0.3) is 0 Å². The largest absolute Gasteiger partial charge is 0.373 e. The van der Waals surface area contributed by atoms with Crippen LogP contribution in [0.1, 0.15) is 42.8 Å². The Hall–Kier alpha value is -2.38. The highest BCUT2D eigenvalue weighted by Crippen LogP contribution is 2.14. The van der Waals surface area contributed by atoms with Gasteiger partial charge in [0.25, 0.3) is 0 Å². The molecule has 2 N–H and O–H groups in total. The number of ether oxygens (including phenoxy) is 1. The van der Waals surface area contributed by atoms with Gasteiger partial charge in [-0.05, 0) is 51.3 Å². The van der Waals surface area contributed by atoms with Crippen molar-refractivity contribution in [2.45, 2.75) is 66.0 Å². The fourth-order valence-corrected chi connectivity index (χ4v) is 4.18. The van der Waals surface area contributed by atoms with E-state index in [1.54, 1.807) is 0 Å². The molecule has 2 aromatic rings. The summed E-state index contributed by atoms with van der Waals surface area (Å²) >= 11 is 0. The molecule has 0 amide bonds. The Labute approximate surface area is 186 Å². The van der Waals surface area contributed by atoms with Crippen molar-refractivity contribution in [3.63, 3.8) is 0 Å². The molecule has 2 atom stereocenters. The molecular formula is C24H38N6O. The van der Waals surface area contributed by atoms with Gasteiger partial charge in [-0.2, -0.15) is 5.10 Å². The van der Waals surface area contributed by atoms with E-state index in [0.29, 0.717) is 12.2 Å². The van der Waals surface area contributed by atoms with E-state index < -0.39 is 0 Å². The van der Waals surface area contributed by atoms with Gasteiger partial charge in [0.2, 0.25) is 0 Å². The van der Waals surface area contributed by atoms with Gasteiger partial charge in [0.15, 0.2) is 5.96 Å². The number of aryl methyl sites for hydroxylation is 3. The van der Waals surface area contributed by atoms with Crippen LogP contribution in [0.5, 0.6) is 0 Å². The highest BCUT2D eigenvalue weighted by Gasteiger charge is 2.21. The SMILES string of the molecule is CN=C(NCCCn1nc(C)cc1C)NCc1ccc(CN2CC(C)OC(C)C2)cc1. The van der Waals surface area contributed by atoms with E-state index in [-0.39, 0.29) is 0 Å². The Morgan fingerprint density at radius 2 is 1.77 bits per heavy atom. The number of aromatic nitrogens is 2. The van der Waals surface area contributed by atoms with Crippen LogP contribution in [0.2, 0.25) is 0 Å². The Morgan fingerprint density at radius 3 is 2.39 bits per heavy atom. The Morgan fingerprint density at radius 1 is 1.10 bits per heavy atom. The lowest BCUT2D eigenvalue weighted by Crippen LogP contribution is -2.44. The Bertz CT molecular complexity index is 834. The third-order valence-corrected chi connectivity index (χ3v) is 5.55. The molecule has 1 fully saturated rings. The first kappa shape index (κ1) is 23.3. The van der Waals surface area contributed by atoms with Crippen molar-refractivity contribution in [2.24, 2.45) is 4.99 Å². The van der Waals surface area contributed by atoms with Crippen molar-refractivity contribution in [3.8, 4) is 0 Å². The number of benzene rings is 1. The van der Waals surface area contributed by atoms with Gasteiger partial charge in [-0.15, -0.1) is 0 Å². The predicted octanol–water partition coefficient (Wildman–Crippen LogP) is 2.86. The molecule has 1 aliphatic rings. The summed E-state index contributed by atoms with van der Waals surface area (Å²) in [5.41, 5.74) is 4.87. The van der Waals surface area contributed by atoms with Gasteiger partial charge in [-0.3, -0.25) is 14.6 Å². The topological polar surface area (TPSA) is 66.7 Å². The molecule has 1 saturated heterocycles. The number of hydrogen-bond donors (Lipinski definition) is 2. The van der Waals surface area contributed by atoms with Crippen molar-refractivity contribution >= 4 is 5.96 Å². The minimum Gasteiger partial charge on any atom is -0.373 e. The molecule has 31 heavy (non-hydrogen) atoms. The van der Waals surface area contributed by atoms with Gasteiger partial charge >= 0.3 is 0 Å². The number of nitrogens with zero attached hydrogens (tertiary/aromatic N) is 4. The van der Waals surface area contributed by atoms with Crippen molar-refractivity contribution < 1.29 is 4.74 Å². The van der Waals surface area contributed by atoms with Crippen LogP contribution in [0.3, 0.4) is 0 Å². The van der Waals surface area contributed by atoms with Crippen molar-refractivity contribution in [2.75, 3.05) is 26.7 Å². The van der Waals surface area contributed by atoms with E-state index in [4.69, 9.17) is 4.74 Å². The second-order valence-corrected chi connectivity index (χ2v) is 8.62. The second kappa shape index (κ2) is 11.3. The highest BCUT2D eigenvalue weighted by atomic mass is 16.5. The van der Waals surface area contributed by atoms with Gasteiger partial charge < -0.3 is 15.4 Å². The number of nitrogens with one attached hydrogen (secondary N) is 2. The minimum absolute atomic E-state index is 0.305. The predicted molar refractivity (Wildman–Crippen MR) is 126 cm³/mol. The first-order valence-corrected chi connectivity index (χ1v) is 11.3. The van der Waals surface area contributed by atoms with Gasteiger partial charge in [0, 0.05) is 52.0 Å². The quantitative estimate of drug-likeness (QED) is 0.386. The maximum Gasteiger partial charge on any atom is 0.191 e. The van der Waals surface area contributed by atoms with Crippen LogP contribution in [0, 0.1) is 13.8 Å². The van der Waals surface area contributed by atoms with Crippen LogP contribution in [-0.4, -0.2) is 59.5 Å². The number of hydrogen-bond acceptors (Lipinski definition) is 4. The summed E-state index contributed by atoms with van der Waals surface area (Å²) in [6, 6.07) is 11.0. The molecule has 2 heterocycles. The molecule has 0 bridgehead atoms. The lowest BCUT2D eigenvalue weighted by Gasteiger charge is -2.35. The van der Waals surface area contributed by atoms with E-state index in [9.17, 15) is 0 Å². The third-order valence-electron chi connectivity index (χ3n) is 5.55. The molecule has 1 aromatic heterocycles. The molecule has 3 rings (SSSR count). The van der Waals surface area contributed by atoms with Crippen molar-refractivity contribution in [1.29, 1.82) is 0 Å². The molecule has 0 aliphatic carbocycles. The van der Waals surface area contributed by atoms with Crippen LogP contribution in [-0.2, 0) is 24.4 Å². The molecule has 2 unspecified atom stereocenters. The molecule has 1 aromatic carbocycles. The third kappa shape index (κ3) is 7.36. The highest BCUT2D eigenvalue weighted by molar-refractivity contribution is 5.79. The number of guanidine groups is 1. The molecule has 7 heteroatoms.